The topological polar surface area (TPSA) is 58.6 Å². The van der Waals surface area contributed by atoms with Gasteiger partial charge in [0.1, 0.15) is 5.75 Å². The van der Waals surface area contributed by atoms with Crippen LogP contribution in [-0.2, 0) is 9.59 Å². The highest BCUT2D eigenvalue weighted by molar-refractivity contribution is 6.03. The van der Waals surface area contributed by atoms with E-state index in [1.54, 1.807) is 12.0 Å². The molecule has 130 valence electrons. The van der Waals surface area contributed by atoms with Crippen LogP contribution in [0.25, 0.3) is 0 Å². The third-order valence-corrected chi connectivity index (χ3v) is 4.35. The Kier molecular flexibility index (Phi) is 4.74. The summed E-state index contributed by atoms with van der Waals surface area (Å²) in [6.07, 6.45) is 0.216. The SMILES string of the molecule is COc1cccc(N2C[C@@H](C(=O)Nc3cc(C)cc(C)c3)CC2=O)c1. The van der Waals surface area contributed by atoms with Gasteiger partial charge < -0.3 is 15.0 Å². The Labute approximate surface area is 147 Å². The molecule has 0 aromatic heterocycles. The summed E-state index contributed by atoms with van der Waals surface area (Å²) in [5.74, 6) is 0.158. The number of hydrogen-bond acceptors (Lipinski definition) is 3. The van der Waals surface area contributed by atoms with Gasteiger partial charge in [-0.1, -0.05) is 12.1 Å². The lowest BCUT2D eigenvalue weighted by Gasteiger charge is -2.17. The maximum atomic E-state index is 12.6. The molecule has 3 rings (SSSR count). The van der Waals surface area contributed by atoms with E-state index < -0.39 is 0 Å². The molecule has 1 atom stereocenters. The first-order valence-corrected chi connectivity index (χ1v) is 8.30. The lowest BCUT2D eigenvalue weighted by molar-refractivity contribution is -0.122. The molecule has 2 aromatic rings. The van der Waals surface area contributed by atoms with Crippen molar-refractivity contribution in [3.8, 4) is 5.75 Å². The van der Waals surface area contributed by atoms with E-state index in [-0.39, 0.29) is 24.2 Å². The van der Waals surface area contributed by atoms with Crippen molar-refractivity contribution < 1.29 is 14.3 Å². The summed E-state index contributed by atoms with van der Waals surface area (Å²) >= 11 is 0. The summed E-state index contributed by atoms with van der Waals surface area (Å²) in [4.78, 5) is 26.6. The Morgan fingerprint density at radius 3 is 2.56 bits per heavy atom. The zero-order valence-electron chi connectivity index (χ0n) is 14.7. The van der Waals surface area contributed by atoms with Crippen molar-refractivity contribution in [2.75, 3.05) is 23.9 Å². The number of benzene rings is 2. The Morgan fingerprint density at radius 1 is 1.16 bits per heavy atom. The minimum atomic E-state index is -0.362. The first-order chi connectivity index (χ1) is 12.0. The van der Waals surface area contributed by atoms with Gasteiger partial charge in [0, 0.05) is 30.4 Å². The van der Waals surface area contributed by atoms with Gasteiger partial charge in [0.05, 0.1) is 13.0 Å². The van der Waals surface area contributed by atoms with Crippen molar-refractivity contribution in [1.82, 2.24) is 0 Å². The zero-order valence-corrected chi connectivity index (χ0v) is 14.7. The van der Waals surface area contributed by atoms with E-state index in [0.717, 1.165) is 22.5 Å². The van der Waals surface area contributed by atoms with Gasteiger partial charge in [-0.15, -0.1) is 0 Å². The highest BCUT2D eigenvalue weighted by Gasteiger charge is 2.35. The van der Waals surface area contributed by atoms with Crippen LogP contribution in [0.4, 0.5) is 11.4 Å². The monoisotopic (exact) mass is 338 g/mol. The van der Waals surface area contributed by atoms with Gasteiger partial charge in [0.15, 0.2) is 0 Å². The molecule has 1 N–H and O–H groups in total. The fraction of sp³-hybridized carbons (Fsp3) is 0.300. The van der Waals surface area contributed by atoms with Crippen LogP contribution in [-0.4, -0.2) is 25.5 Å². The van der Waals surface area contributed by atoms with Crippen molar-refractivity contribution in [2.45, 2.75) is 20.3 Å². The highest BCUT2D eigenvalue weighted by Crippen LogP contribution is 2.28. The van der Waals surface area contributed by atoms with Gasteiger partial charge in [-0.3, -0.25) is 9.59 Å². The fourth-order valence-corrected chi connectivity index (χ4v) is 3.20. The summed E-state index contributed by atoms with van der Waals surface area (Å²) < 4.78 is 5.21. The number of nitrogens with zero attached hydrogens (tertiary/aromatic N) is 1. The minimum absolute atomic E-state index is 0.0474. The number of carbonyl (C=O) groups is 2. The number of aryl methyl sites for hydroxylation is 2. The summed E-state index contributed by atoms with van der Waals surface area (Å²) in [6, 6.07) is 13.2. The van der Waals surface area contributed by atoms with E-state index in [0.29, 0.717) is 12.3 Å². The number of nitrogens with one attached hydrogen (secondary N) is 1. The molecule has 1 heterocycles. The van der Waals surface area contributed by atoms with E-state index in [4.69, 9.17) is 4.74 Å². The van der Waals surface area contributed by atoms with Gasteiger partial charge in [-0.2, -0.15) is 0 Å². The molecule has 25 heavy (non-hydrogen) atoms. The van der Waals surface area contributed by atoms with Crippen LogP contribution in [0.1, 0.15) is 17.5 Å². The maximum absolute atomic E-state index is 12.6. The normalized spacial score (nSPS) is 16.8. The molecule has 0 unspecified atom stereocenters. The second-order valence-electron chi connectivity index (χ2n) is 6.47. The molecule has 1 saturated heterocycles. The van der Waals surface area contributed by atoms with Crippen LogP contribution in [0.2, 0.25) is 0 Å². The average Bonchev–Trinajstić information content (AvgIpc) is 2.96. The summed E-state index contributed by atoms with van der Waals surface area (Å²) in [6.45, 7) is 4.36. The predicted molar refractivity (Wildman–Crippen MR) is 98.0 cm³/mol. The zero-order chi connectivity index (χ0) is 18.0. The van der Waals surface area contributed by atoms with Gasteiger partial charge in [-0.25, -0.2) is 0 Å². The quantitative estimate of drug-likeness (QED) is 0.930. The molecule has 1 fully saturated rings. The molecule has 0 bridgehead atoms. The predicted octanol–water partition coefficient (Wildman–Crippen LogP) is 3.30. The molecular weight excluding hydrogens is 316 g/mol. The van der Waals surface area contributed by atoms with Crippen LogP contribution in [0.5, 0.6) is 5.75 Å². The number of amides is 2. The van der Waals surface area contributed by atoms with Crippen molar-refractivity contribution in [1.29, 1.82) is 0 Å². The van der Waals surface area contributed by atoms with E-state index in [2.05, 4.69) is 11.4 Å². The van der Waals surface area contributed by atoms with Crippen molar-refractivity contribution in [3.63, 3.8) is 0 Å². The third kappa shape index (κ3) is 3.82. The van der Waals surface area contributed by atoms with Crippen LogP contribution in [0.15, 0.2) is 42.5 Å². The molecule has 2 aromatic carbocycles. The van der Waals surface area contributed by atoms with Gasteiger partial charge >= 0.3 is 0 Å². The smallest absolute Gasteiger partial charge is 0.229 e. The Balaban J connectivity index is 1.72. The largest absolute Gasteiger partial charge is 0.497 e. The van der Waals surface area contributed by atoms with Crippen LogP contribution in [0, 0.1) is 19.8 Å². The van der Waals surface area contributed by atoms with E-state index in [1.807, 2.05) is 50.2 Å². The molecule has 0 aliphatic carbocycles. The molecule has 1 aliphatic heterocycles. The molecule has 0 radical (unpaired) electrons. The Bertz CT molecular complexity index is 796. The number of anilines is 2. The molecule has 5 heteroatoms. The van der Waals surface area contributed by atoms with Crippen LogP contribution >= 0.6 is 0 Å². The maximum Gasteiger partial charge on any atom is 0.229 e. The lowest BCUT2D eigenvalue weighted by Crippen LogP contribution is -2.28. The van der Waals surface area contributed by atoms with E-state index in [9.17, 15) is 9.59 Å². The second kappa shape index (κ2) is 6.97. The summed E-state index contributed by atoms with van der Waals surface area (Å²) in [5, 5.41) is 2.94. The molecule has 2 amide bonds. The van der Waals surface area contributed by atoms with E-state index >= 15 is 0 Å². The third-order valence-electron chi connectivity index (χ3n) is 4.35. The Hall–Kier alpha value is -2.82. The number of methoxy groups -OCH3 is 1. The molecule has 1 aliphatic rings. The number of ether oxygens (including phenoxy) is 1. The van der Waals surface area contributed by atoms with Gasteiger partial charge in [0.2, 0.25) is 11.8 Å². The van der Waals surface area contributed by atoms with Crippen molar-refractivity contribution >= 4 is 23.2 Å². The lowest BCUT2D eigenvalue weighted by atomic mass is 10.1. The molecular formula is C20H22N2O3. The number of rotatable bonds is 4. The Morgan fingerprint density at radius 2 is 1.88 bits per heavy atom. The number of carbonyl (C=O) groups excluding carboxylic acids is 2. The van der Waals surface area contributed by atoms with Crippen molar-refractivity contribution in [3.05, 3.63) is 53.6 Å². The second-order valence-corrected chi connectivity index (χ2v) is 6.47. The molecule has 5 nitrogen and oxygen atoms in total. The van der Waals surface area contributed by atoms with Crippen LogP contribution in [0.3, 0.4) is 0 Å². The fourth-order valence-electron chi connectivity index (χ4n) is 3.20. The van der Waals surface area contributed by atoms with Crippen molar-refractivity contribution in [2.24, 2.45) is 5.92 Å². The summed E-state index contributed by atoms with van der Waals surface area (Å²) in [5.41, 5.74) is 3.72. The number of hydrogen-bond donors (Lipinski definition) is 1. The molecule has 0 saturated carbocycles. The first kappa shape index (κ1) is 17.0. The molecule has 0 spiro atoms. The first-order valence-electron chi connectivity index (χ1n) is 8.30. The summed E-state index contributed by atoms with van der Waals surface area (Å²) in [7, 11) is 1.59. The van der Waals surface area contributed by atoms with Gasteiger partial charge in [-0.05, 0) is 49.2 Å². The standard InChI is InChI=1S/C20H22N2O3/c1-13-7-14(2)9-16(8-13)21-20(24)15-10-19(23)22(12-15)17-5-4-6-18(11-17)25-3/h4-9,11,15H,10,12H2,1-3H3,(H,21,24)/t15-/m0/s1. The minimum Gasteiger partial charge on any atom is -0.497 e. The highest BCUT2D eigenvalue weighted by atomic mass is 16.5. The van der Waals surface area contributed by atoms with E-state index in [1.165, 1.54) is 0 Å². The van der Waals surface area contributed by atoms with Gasteiger partial charge in [0.25, 0.3) is 0 Å². The van der Waals surface area contributed by atoms with Crippen LogP contribution < -0.4 is 15.0 Å². The average molecular weight is 338 g/mol.